The largest absolute Gasteiger partial charge is 0.293 e. The second-order valence-electron chi connectivity index (χ2n) is 4.66. The molecule has 2 aromatic rings. The van der Waals surface area contributed by atoms with Crippen LogP contribution in [0.1, 0.15) is 26.3 Å². The van der Waals surface area contributed by atoms with Crippen LogP contribution in [-0.4, -0.2) is 11.6 Å². The molecule has 2 aromatic carbocycles. The lowest BCUT2D eigenvalue weighted by molar-refractivity contribution is 0.0838. The first kappa shape index (κ1) is 12.1. The van der Waals surface area contributed by atoms with Gasteiger partial charge in [0.2, 0.25) is 0 Å². The lowest BCUT2D eigenvalue weighted by atomic mass is 9.95. The lowest BCUT2D eigenvalue weighted by Gasteiger charge is -2.07. The van der Waals surface area contributed by atoms with Gasteiger partial charge in [-0.15, -0.1) is 0 Å². The summed E-state index contributed by atoms with van der Waals surface area (Å²) in [5.41, 5.74) is 1.99. The molecule has 3 heteroatoms. The van der Waals surface area contributed by atoms with E-state index < -0.39 is 5.92 Å². The van der Waals surface area contributed by atoms with E-state index in [-0.39, 0.29) is 11.6 Å². The SMILES string of the molecule is O=C1c2ccccc2C(=O)C1Cc1cccc(Cl)c1. The molecule has 1 aliphatic rings. The molecule has 2 nitrogen and oxygen atoms in total. The van der Waals surface area contributed by atoms with Gasteiger partial charge in [-0.05, 0) is 24.1 Å². The molecular formula is C16H11ClO2. The fourth-order valence-electron chi connectivity index (χ4n) is 2.49. The average Bonchev–Trinajstić information content (AvgIpc) is 2.65. The Balaban J connectivity index is 1.92. The molecule has 0 spiro atoms. The molecule has 0 aromatic heterocycles. The summed E-state index contributed by atoms with van der Waals surface area (Å²) in [6.07, 6.45) is 0.410. The molecule has 0 atom stereocenters. The molecule has 0 amide bonds. The molecule has 0 saturated carbocycles. The summed E-state index contributed by atoms with van der Waals surface area (Å²) in [5, 5.41) is 0.618. The third-order valence-corrected chi connectivity index (χ3v) is 3.65. The highest BCUT2D eigenvalue weighted by atomic mass is 35.5. The summed E-state index contributed by atoms with van der Waals surface area (Å²) in [6, 6.07) is 14.3. The first-order valence-electron chi connectivity index (χ1n) is 6.09. The number of hydrogen-bond donors (Lipinski definition) is 0. The van der Waals surface area contributed by atoms with Gasteiger partial charge < -0.3 is 0 Å². The molecule has 0 radical (unpaired) electrons. The fraction of sp³-hybridized carbons (Fsp3) is 0.125. The molecule has 19 heavy (non-hydrogen) atoms. The predicted molar refractivity (Wildman–Crippen MR) is 73.7 cm³/mol. The van der Waals surface area contributed by atoms with E-state index in [0.717, 1.165) is 5.56 Å². The van der Waals surface area contributed by atoms with Crippen molar-refractivity contribution in [2.45, 2.75) is 6.42 Å². The maximum absolute atomic E-state index is 12.2. The van der Waals surface area contributed by atoms with E-state index >= 15 is 0 Å². The number of fused-ring (bicyclic) bond motifs is 1. The highest BCUT2D eigenvalue weighted by molar-refractivity contribution is 6.30. The van der Waals surface area contributed by atoms with Crippen LogP contribution in [0.5, 0.6) is 0 Å². The maximum Gasteiger partial charge on any atom is 0.174 e. The number of carbonyl (C=O) groups is 2. The average molecular weight is 271 g/mol. The molecule has 3 rings (SSSR count). The van der Waals surface area contributed by atoms with E-state index in [1.807, 2.05) is 12.1 Å². The van der Waals surface area contributed by atoms with Gasteiger partial charge in [0.1, 0.15) is 0 Å². The first-order chi connectivity index (χ1) is 9.16. The quantitative estimate of drug-likeness (QED) is 0.782. The number of hydrogen-bond acceptors (Lipinski definition) is 2. The summed E-state index contributed by atoms with van der Waals surface area (Å²) in [5.74, 6) is -0.767. The van der Waals surface area contributed by atoms with Crippen molar-refractivity contribution in [1.82, 2.24) is 0 Å². The van der Waals surface area contributed by atoms with Crippen molar-refractivity contribution >= 4 is 23.2 Å². The van der Waals surface area contributed by atoms with Crippen molar-refractivity contribution in [2.24, 2.45) is 5.92 Å². The minimum absolute atomic E-state index is 0.0828. The maximum atomic E-state index is 12.2. The van der Waals surface area contributed by atoms with Crippen LogP contribution in [0.15, 0.2) is 48.5 Å². The highest BCUT2D eigenvalue weighted by Crippen LogP contribution is 2.29. The van der Waals surface area contributed by atoms with Gasteiger partial charge in [-0.2, -0.15) is 0 Å². The minimum Gasteiger partial charge on any atom is -0.293 e. The number of rotatable bonds is 2. The van der Waals surface area contributed by atoms with Crippen molar-refractivity contribution in [3.8, 4) is 0 Å². The highest BCUT2D eigenvalue weighted by Gasteiger charge is 2.37. The molecule has 0 bridgehead atoms. The second-order valence-corrected chi connectivity index (χ2v) is 5.10. The zero-order valence-corrected chi connectivity index (χ0v) is 10.9. The van der Waals surface area contributed by atoms with Crippen LogP contribution in [0.25, 0.3) is 0 Å². The smallest absolute Gasteiger partial charge is 0.174 e. The molecule has 0 heterocycles. The van der Waals surface area contributed by atoms with E-state index in [9.17, 15) is 9.59 Å². The summed E-state index contributed by atoms with van der Waals surface area (Å²) < 4.78 is 0. The van der Waals surface area contributed by atoms with Crippen LogP contribution < -0.4 is 0 Å². The van der Waals surface area contributed by atoms with Crippen LogP contribution >= 0.6 is 11.6 Å². The number of carbonyl (C=O) groups excluding carboxylic acids is 2. The van der Waals surface area contributed by atoms with Crippen molar-refractivity contribution < 1.29 is 9.59 Å². The second kappa shape index (κ2) is 4.63. The molecule has 0 unspecified atom stereocenters. The van der Waals surface area contributed by atoms with Gasteiger partial charge in [-0.25, -0.2) is 0 Å². The fourth-order valence-corrected chi connectivity index (χ4v) is 2.71. The zero-order valence-electron chi connectivity index (χ0n) is 10.1. The van der Waals surface area contributed by atoms with Crippen molar-refractivity contribution in [1.29, 1.82) is 0 Å². The summed E-state index contributed by atoms with van der Waals surface area (Å²) in [4.78, 5) is 24.5. The normalized spacial score (nSPS) is 14.8. The first-order valence-corrected chi connectivity index (χ1v) is 6.46. The van der Waals surface area contributed by atoms with Crippen LogP contribution in [0, 0.1) is 5.92 Å². The van der Waals surface area contributed by atoms with Crippen molar-refractivity contribution in [3.05, 3.63) is 70.2 Å². The molecule has 94 valence electrons. The number of Topliss-reactive ketones (excluding diaryl/α,β-unsaturated/α-hetero) is 2. The topological polar surface area (TPSA) is 34.1 Å². The zero-order chi connectivity index (χ0) is 13.4. The number of halogens is 1. The van der Waals surface area contributed by atoms with Crippen LogP contribution in [0.4, 0.5) is 0 Å². The van der Waals surface area contributed by atoms with E-state index in [0.29, 0.717) is 22.6 Å². The summed E-state index contributed by atoms with van der Waals surface area (Å²) >= 11 is 5.92. The van der Waals surface area contributed by atoms with Gasteiger partial charge in [0.05, 0.1) is 5.92 Å². The monoisotopic (exact) mass is 270 g/mol. The summed E-state index contributed by atoms with van der Waals surface area (Å²) in [6.45, 7) is 0. The Morgan fingerprint density at radius 3 is 2.11 bits per heavy atom. The molecule has 0 fully saturated rings. The lowest BCUT2D eigenvalue weighted by Crippen LogP contribution is -2.17. The van der Waals surface area contributed by atoms with Crippen LogP contribution in [0.3, 0.4) is 0 Å². The Hall–Kier alpha value is -1.93. The third kappa shape index (κ3) is 2.08. The number of benzene rings is 2. The molecule has 1 aliphatic carbocycles. The predicted octanol–water partition coefficient (Wildman–Crippen LogP) is 3.58. The Labute approximate surface area is 116 Å². The van der Waals surface area contributed by atoms with Gasteiger partial charge in [0.25, 0.3) is 0 Å². The Morgan fingerprint density at radius 2 is 1.53 bits per heavy atom. The van der Waals surface area contributed by atoms with Gasteiger partial charge in [-0.3, -0.25) is 9.59 Å². The van der Waals surface area contributed by atoms with Gasteiger partial charge in [0.15, 0.2) is 11.6 Å². The van der Waals surface area contributed by atoms with E-state index in [1.165, 1.54) is 0 Å². The van der Waals surface area contributed by atoms with Crippen LogP contribution in [-0.2, 0) is 6.42 Å². The van der Waals surface area contributed by atoms with Crippen LogP contribution in [0.2, 0.25) is 5.02 Å². The van der Waals surface area contributed by atoms with Gasteiger partial charge >= 0.3 is 0 Å². The summed E-state index contributed by atoms with van der Waals surface area (Å²) in [7, 11) is 0. The van der Waals surface area contributed by atoms with Crippen molar-refractivity contribution in [3.63, 3.8) is 0 Å². The minimum atomic E-state index is -0.601. The molecular weight excluding hydrogens is 260 g/mol. The Kier molecular flexibility index (Phi) is 2.96. The third-order valence-electron chi connectivity index (χ3n) is 3.42. The molecule has 0 N–H and O–H groups in total. The Bertz CT molecular complexity index is 641. The van der Waals surface area contributed by atoms with E-state index in [4.69, 9.17) is 11.6 Å². The molecule has 0 aliphatic heterocycles. The molecule has 0 saturated heterocycles. The van der Waals surface area contributed by atoms with E-state index in [2.05, 4.69) is 0 Å². The van der Waals surface area contributed by atoms with Gasteiger partial charge in [-0.1, -0.05) is 48.0 Å². The van der Waals surface area contributed by atoms with Gasteiger partial charge in [0, 0.05) is 16.1 Å². The standard InChI is InChI=1S/C16H11ClO2/c17-11-5-3-4-10(8-11)9-14-15(18)12-6-1-2-7-13(12)16(14)19/h1-8,14H,9H2. The number of ketones is 2. The Morgan fingerprint density at radius 1 is 0.895 bits per heavy atom. The van der Waals surface area contributed by atoms with Crippen molar-refractivity contribution in [2.75, 3.05) is 0 Å². The van der Waals surface area contributed by atoms with E-state index in [1.54, 1.807) is 36.4 Å².